The zero-order chi connectivity index (χ0) is 15.0. The summed E-state index contributed by atoms with van der Waals surface area (Å²) in [5, 5.41) is 0.779. The molecule has 1 aromatic rings. The predicted molar refractivity (Wildman–Crippen MR) is 85.4 cm³/mol. The van der Waals surface area contributed by atoms with Crippen LogP contribution in [0.5, 0.6) is 0 Å². The number of piperidine rings is 1. The second kappa shape index (κ2) is 5.62. The lowest BCUT2D eigenvalue weighted by molar-refractivity contribution is -0.146. The summed E-state index contributed by atoms with van der Waals surface area (Å²) in [5.74, 6) is 0.317. The van der Waals surface area contributed by atoms with Gasteiger partial charge in [0.15, 0.2) is 0 Å². The Kier molecular flexibility index (Phi) is 3.98. The van der Waals surface area contributed by atoms with Crippen molar-refractivity contribution in [1.82, 2.24) is 9.80 Å². The number of carbonyl (C=O) groups excluding carboxylic acids is 1. The van der Waals surface area contributed by atoms with Crippen molar-refractivity contribution < 1.29 is 4.79 Å². The van der Waals surface area contributed by atoms with Crippen molar-refractivity contribution in [3.8, 4) is 0 Å². The standard InChI is InChI=1S/C17H23ClN2O/c1-13-11-15(18)6-5-14(13)12-20-10-4-8-17(20)7-3-9-19(2)16(17)21/h5-6,11H,3-4,7-10,12H2,1-2H3. The number of hydrogen-bond donors (Lipinski definition) is 0. The van der Waals surface area contributed by atoms with Gasteiger partial charge in [-0.2, -0.15) is 0 Å². The molecule has 1 aromatic carbocycles. The van der Waals surface area contributed by atoms with E-state index in [1.165, 1.54) is 11.1 Å². The number of hydrogen-bond acceptors (Lipinski definition) is 2. The Morgan fingerprint density at radius 1 is 1.24 bits per heavy atom. The minimum absolute atomic E-state index is 0.251. The molecule has 1 amide bonds. The fourth-order valence-electron chi connectivity index (χ4n) is 3.90. The van der Waals surface area contributed by atoms with Crippen molar-refractivity contribution in [2.24, 2.45) is 0 Å². The summed E-state index contributed by atoms with van der Waals surface area (Å²) < 4.78 is 0. The van der Waals surface area contributed by atoms with Gasteiger partial charge in [-0.25, -0.2) is 0 Å². The molecule has 4 heteroatoms. The van der Waals surface area contributed by atoms with Crippen molar-refractivity contribution in [2.45, 2.75) is 44.7 Å². The summed E-state index contributed by atoms with van der Waals surface area (Å²) in [6.07, 6.45) is 4.23. The topological polar surface area (TPSA) is 23.6 Å². The van der Waals surface area contributed by atoms with E-state index in [9.17, 15) is 4.79 Å². The van der Waals surface area contributed by atoms with Crippen LogP contribution in [0.25, 0.3) is 0 Å². The maximum Gasteiger partial charge on any atom is 0.242 e. The van der Waals surface area contributed by atoms with Crippen LogP contribution in [0.15, 0.2) is 18.2 Å². The molecular formula is C17H23ClN2O. The first-order valence-electron chi connectivity index (χ1n) is 7.78. The Labute approximate surface area is 131 Å². The quantitative estimate of drug-likeness (QED) is 0.837. The van der Waals surface area contributed by atoms with E-state index in [4.69, 9.17) is 11.6 Å². The van der Waals surface area contributed by atoms with Crippen LogP contribution in [-0.2, 0) is 11.3 Å². The molecule has 0 saturated carbocycles. The van der Waals surface area contributed by atoms with Crippen molar-refractivity contribution in [2.75, 3.05) is 20.1 Å². The zero-order valence-electron chi connectivity index (χ0n) is 12.9. The highest BCUT2D eigenvalue weighted by molar-refractivity contribution is 6.30. The third-order valence-electron chi connectivity index (χ3n) is 5.12. The van der Waals surface area contributed by atoms with Gasteiger partial charge >= 0.3 is 0 Å². The summed E-state index contributed by atoms with van der Waals surface area (Å²) in [6.45, 7) is 4.86. The Morgan fingerprint density at radius 2 is 1.95 bits per heavy atom. The van der Waals surface area contributed by atoms with E-state index in [0.29, 0.717) is 5.91 Å². The van der Waals surface area contributed by atoms with E-state index in [0.717, 1.165) is 50.3 Å². The number of nitrogens with zero attached hydrogens (tertiary/aromatic N) is 2. The van der Waals surface area contributed by atoms with E-state index >= 15 is 0 Å². The van der Waals surface area contributed by atoms with Crippen LogP contribution in [0, 0.1) is 6.92 Å². The fourth-order valence-corrected chi connectivity index (χ4v) is 4.13. The van der Waals surface area contributed by atoms with Gasteiger partial charge in [-0.05, 0) is 62.4 Å². The highest BCUT2D eigenvalue weighted by atomic mass is 35.5. The Bertz CT molecular complexity index is 560. The molecule has 0 bridgehead atoms. The number of likely N-dealkylation sites (N-methyl/N-ethyl adjacent to an activating group) is 1. The SMILES string of the molecule is Cc1cc(Cl)ccc1CN1CCCC12CCCN(C)C2=O. The summed E-state index contributed by atoms with van der Waals surface area (Å²) >= 11 is 6.04. The molecule has 2 aliphatic heterocycles. The first kappa shape index (κ1) is 14.9. The van der Waals surface area contributed by atoms with Crippen LogP contribution in [0.2, 0.25) is 5.02 Å². The third kappa shape index (κ3) is 2.58. The second-order valence-electron chi connectivity index (χ2n) is 6.46. The lowest BCUT2D eigenvalue weighted by atomic mass is 9.85. The minimum atomic E-state index is -0.251. The van der Waals surface area contributed by atoms with Crippen molar-refractivity contribution in [3.05, 3.63) is 34.3 Å². The molecule has 1 atom stereocenters. The monoisotopic (exact) mass is 306 g/mol. The zero-order valence-corrected chi connectivity index (χ0v) is 13.6. The molecule has 3 rings (SSSR count). The normalized spacial score (nSPS) is 26.8. The molecule has 2 fully saturated rings. The van der Waals surface area contributed by atoms with Crippen LogP contribution in [0.4, 0.5) is 0 Å². The van der Waals surface area contributed by atoms with E-state index in [1.54, 1.807) is 0 Å². The minimum Gasteiger partial charge on any atom is -0.344 e. The summed E-state index contributed by atoms with van der Waals surface area (Å²) in [5.41, 5.74) is 2.24. The maximum absolute atomic E-state index is 12.8. The fraction of sp³-hybridized carbons (Fsp3) is 0.588. The van der Waals surface area contributed by atoms with Crippen molar-refractivity contribution >= 4 is 17.5 Å². The third-order valence-corrected chi connectivity index (χ3v) is 5.35. The predicted octanol–water partition coefficient (Wildman–Crippen LogP) is 3.24. The number of likely N-dealkylation sites (tertiary alicyclic amines) is 2. The van der Waals surface area contributed by atoms with Gasteiger partial charge in [-0.15, -0.1) is 0 Å². The molecule has 2 saturated heterocycles. The van der Waals surface area contributed by atoms with E-state index < -0.39 is 0 Å². The lowest BCUT2D eigenvalue weighted by Crippen LogP contribution is -2.58. The molecule has 2 aliphatic rings. The van der Waals surface area contributed by atoms with Gasteiger partial charge in [0.25, 0.3) is 0 Å². The Balaban J connectivity index is 1.85. The molecule has 1 spiro atoms. The maximum atomic E-state index is 12.8. The largest absolute Gasteiger partial charge is 0.344 e. The van der Waals surface area contributed by atoms with Crippen LogP contribution in [-0.4, -0.2) is 41.4 Å². The Morgan fingerprint density at radius 3 is 2.67 bits per heavy atom. The van der Waals surface area contributed by atoms with Gasteiger partial charge in [-0.1, -0.05) is 17.7 Å². The smallest absolute Gasteiger partial charge is 0.242 e. The lowest BCUT2D eigenvalue weighted by Gasteiger charge is -2.43. The van der Waals surface area contributed by atoms with E-state index in [1.807, 2.05) is 24.1 Å². The van der Waals surface area contributed by atoms with Crippen LogP contribution in [0.1, 0.15) is 36.8 Å². The summed E-state index contributed by atoms with van der Waals surface area (Å²) in [4.78, 5) is 17.1. The molecule has 0 radical (unpaired) electrons. The van der Waals surface area contributed by atoms with Gasteiger partial charge in [-0.3, -0.25) is 9.69 Å². The average molecular weight is 307 g/mol. The highest BCUT2D eigenvalue weighted by Gasteiger charge is 2.49. The van der Waals surface area contributed by atoms with Crippen molar-refractivity contribution in [1.29, 1.82) is 0 Å². The van der Waals surface area contributed by atoms with Gasteiger partial charge in [0.2, 0.25) is 5.91 Å². The van der Waals surface area contributed by atoms with Gasteiger partial charge in [0.05, 0.1) is 0 Å². The number of halogens is 1. The van der Waals surface area contributed by atoms with E-state index in [2.05, 4.69) is 17.9 Å². The van der Waals surface area contributed by atoms with Gasteiger partial charge in [0.1, 0.15) is 5.54 Å². The molecule has 1 unspecified atom stereocenters. The molecule has 114 valence electrons. The molecule has 3 nitrogen and oxygen atoms in total. The number of benzene rings is 1. The van der Waals surface area contributed by atoms with Crippen LogP contribution in [0.3, 0.4) is 0 Å². The molecule has 21 heavy (non-hydrogen) atoms. The summed E-state index contributed by atoms with van der Waals surface area (Å²) in [7, 11) is 1.94. The second-order valence-corrected chi connectivity index (χ2v) is 6.89. The Hall–Kier alpha value is -1.06. The van der Waals surface area contributed by atoms with Crippen LogP contribution >= 0.6 is 11.6 Å². The number of amides is 1. The molecule has 0 N–H and O–H groups in total. The highest BCUT2D eigenvalue weighted by Crippen LogP contribution is 2.39. The van der Waals surface area contributed by atoms with Gasteiger partial charge in [0, 0.05) is 25.2 Å². The number of carbonyl (C=O) groups is 1. The van der Waals surface area contributed by atoms with Crippen LogP contribution < -0.4 is 0 Å². The number of aryl methyl sites for hydroxylation is 1. The van der Waals surface area contributed by atoms with Gasteiger partial charge < -0.3 is 4.90 Å². The summed E-state index contributed by atoms with van der Waals surface area (Å²) in [6, 6.07) is 6.05. The first-order valence-corrected chi connectivity index (χ1v) is 8.16. The molecular weight excluding hydrogens is 284 g/mol. The van der Waals surface area contributed by atoms with E-state index in [-0.39, 0.29) is 5.54 Å². The average Bonchev–Trinajstić information content (AvgIpc) is 2.83. The molecule has 2 heterocycles. The number of rotatable bonds is 2. The molecule has 0 aliphatic carbocycles. The molecule has 0 aromatic heterocycles. The van der Waals surface area contributed by atoms with Crippen molar-refractivity contribution in [3.63, 3.8) is 0 Å². The first-order chi connectivity index (χ1) is 10.0.